The molecule has 9 heteroatoms. The summed E-state index contributed by atoms with van der Waals surface area (Å²) in [5.74, 6) is -0.819. The van der Waals surface area contributed by atoms with Crippen molar-refractivity contribution in [2.45, 2.75) is 25.8 Å². The molecule has 0 aromatic carbocycles. The van der Waals surface area contributed by atoms with Crippen LogP contribution in [0.15, 0.2) is 0 Å². The van der Waals surface area contributed by atoms with Crippen molar-refractivity contribution in [3.05, 3.63) is 0 Å². The van der Waals surface area contributed by atoms with E-state index in [0.29, 0.717) is 32.5 Å². The van der Waals surface area contributed by atoms with Gasteiger partial charge in [0, 0.05) is 27.2 Å². The van der Waals surface area contributed by atoms with Gasteiger partial charge >= 0.3 is 5.97 Å². The first-order valence-corrected chi connectivity index (χ1v) is 7.84. The van der Waals surface area contributed by atoms with Crippen LogP contribution >= 0.6 is 12.4 Å². The van der Waals surface area contributed by atoms with Gasteiger partial charge < -0.3 is 25.0 Å². The molecule has 1 rings (SSSR count). The number of nitrogens with two attached hydrogens (primary N) is 1. The highest BCUT2D eigenvalue weighted by molar-refractivity contribution is 5.87. The van der Waals surface area contributed by atoms with E-state index in [9.17, 15) is 14.4 Å². The number of nitrogens with zero attached hydrogens (tertiary/aromatic N) is 2. The summed E-state index contributed by atoms with van der Waals surface area (Å²) in [6.07, 6.45) is 1.18. The van der Waals surface area contributed by atoms with E-state index in [2.05, 4.69) is 0 Å². The number of carbonyl (C=O) groups is 3. The van der Waals surface area contributed by atoms with Crippen LogP contribution in [0, 0.1) is 5.92 Å². The van der Waals surface area contributed by atoms with Crippen molar-refractivity contribution in [2.75, 3.05) is 47.0 Å². The van der Waals surface area contributed by atoms with Gasteiger partial charge in [0.1, 0.15) is 6.04 Å². The van der Waals surface area contributed by atoms with E-state index in [0.717, 1.165) is 0 Å². The average molecular weight is 366 g/mol. The number of methoxy groups -OCH3 is 1. The number of hydrogen-bond acceptors (Lipinski definition) is 6. The first-order valence-electron chi connectivity index (χ1n) is 7.84. The van der Waals surface area contributed by atoms with Crippen molar-refractivity contribution >= 4 is 30.2 Å². The lowest BCUT2D eigenvalue weighted by molar-refractivity contribution is -0.151. The van der Waals surface area contributed by atoms with Crippen molar-refractivity contribution in [1.82, 2.24) is 9.80 Å². The van der Waals surface area contributed by atoms with Crippen molar-refractivity contribution in [3.8, 4) is 0 Å². The Labute approximate surface area is 149 Å². The average Bonchev–Trinajstić information content (AvgIpc) is 2.54. The molecule has 1 aliphatic heterocycles. The zero-order valence-corrected chi connectivity index (χ0v) is 15.3. The van der Waals surface area contributed by atoms with Crippen LogP contribution in [0.25, 0.3) is 0 Å². The standard InChI is InChI=1S/C15H27N3O5.ClH/c1-4-23-15(21)11-5-7-18(8-6-11)13(19)9-17(2)14(20)12(16)10-22-3;/h11-12H,4-10,16H2,1-3H3;1H. The smallest absolute Gasteiger partial charge is 0.309 e. The highest BCUT2D eigenvalue weighted by Gasteiger charge is 2.29. The van der Waals surface area contributed by atoms with E-state index in [1.54, 1.807) is 18.9 Å². The van der Waals surface area contributed by atoms with Crippen molar-refractivity contribution in [3.63, 3.8) is 0 Å². The van der Waals surface area contributed by atoms with Gasteiger partial charge in [-0.2, -0.15) is 0 Å². The lowest BCUT2D eigenvalue weighted by atomic mass is 9.97. The topological polar surface area (TPSA) is 102 Å². The van der Waals surface area contributed by atoms with Gasteiger partial charge in [0.25, 0.3) is 0 Å². The fourth-order valence-corrected chi connectivity index (χ4v) is 2.54. The number of piperidine rings is 1. The second-order valence-corrected chi connectivity index (χ2v) is 5.66. The molecule has 0 aromatic heterocycles. The maximum atomic E-state index is 12.2. The molecule has 0 bridgehead atoms. The first kappa shape index (κ1) is 22.6. The Bertz CT molecular complexity index is 427. The Hall–Kier alpha value is -1.38. The van der Waals surface area contributed by atoms with Crippen LogP contribution in [-0.2, 0) is 23.9 Å². The Morgan fingerprint density at radius 3 is 2.38 bits per heavy atom. The van der Waals surface area contributed by atoms with Gasteiger partial charge in [-0.05, 0) is 19.8 Å². The molecule has 140 valence electrons. The van der Waals surface area contributed by atoms with E-state index in [1.807, 2.05) is 0 Å². The van der Waals surface area contributed by atoms with E-state index in [-0.39, 0.29) is 49.3 Å². The minimum Gasteiger partial charge on any atom is -0.466 e. The van der Waals surface area contributed by atoms with Crippen LogP contribution in [0.1, 0.15) is 19.8 Å². The highest BCUT2D eigenvalue weighted by atomic mass is 35.5. The number of carbonyl (C=O) groups excluding carboxylic acids is 3. The van der Waals surface area contributed by atoms with E-state index in [1.165, 1.54) is 12.0 Å². The molecule has 1 aliphatic rings. The fourth-order valence-electron chi connectivity index (χ4n) is 2.54. The normalized spacial score (nSPS) is 16.1. The summed E-state index contributed by atoms with van der Waals surface area (Å²) in [5.41, 5.74) is 5.67. The van der Waals surface area contributed by atoms with Crippen LogP contribution in [0.3, 0.4) is 0 Å². The summed E-state index contributed by atoms with van der Waals surface area (Å²) in [6.45, 7) is 3.22. The van der Waals surface area contributed by atoms with Gasteiger partial charge in [-0.1, -0.05) is 0 Å². The van der Waals surface area contributed by atoms with Gasteiger partial charge in [-0.25, -0.2) is 0 Å². The minimum absolute atomic E-state index is 0. The number of hydrogen-bond donors (Lipinski definition) is 1. The highest BCUT2D eigenvalue weighted by Crippen LogP contribution is 2.18. The zero-order valence-electron chi connectivity index (χ0n) is 14.5. The quantitative estimate of drug-likeness (QED) is 0.618. The number of esters is 1. The SMILES string of the molecule is CCOC(=O)C1CCN(C(=O)CN(C)C(=O)C(N)COC)CC1.Cl. The number of halogens is 1. The third-order valence-electron chi connectivity index (χ3n) is 3.88. The Balaban J connectivity index is 0.00000529. The summed E-state index contributed by atoms with van der Waals surface area (Å²) in [4.78, 5) is 38.8. The van der Waals surface area contributed by atoms with Crippen LogP contribution in [-0.4, -0.2) is 80.6 Å². The Morgan fingerprint density at radius 2 is 1.88 bits per heavy atom. The molecule has 1 saturated heterocycles. The number of rotatable bonds is 7. The molecule has 0 aliphatic carbocycles. The molecule has 0 saturated carbocycles. The van der Waals surface area contributed by atoms with Crippen molar-refractivity contribution in [2.24, 2.45) is 11.7 Å². The largest absolute Gasteiger partial charge is 0.466 e. The molecule has 2 amide bonds. The van der Waals surface area contributed by atoms with Crippen LogP contribution in [0.5, 0.6) is 0 Å². The van der Waals surface area contributed by atoms with Crippen LogP contribution < -0.4 is 5.73 Å². The number of amides is 2. The molecule has 2 N–H and O–H groups in total. The summed E-state index contributed by atoms with van der Waals surface area (Å²) in [6, 6.07) is -0.771. The molecule has 1 fully saturated rings. The summed E-state index contributed by atoms with van der Waals surface area (Å²) in [7, 11) is 3.01. The van der Waals surface area contributed by atoms with Gasteiger partial charge in [0.2, 0.25) is 11.8 Å². The predicted octanol–water partition coefficient (Wildman–Crippen LogP) is -0.358. The van der Waals surface area contributed by atoms with Crippen LogP contribution in [0.4, 0.5) is 0 Å². The second kappa shape index (κ2) is 11.2. The van der Waals surface area contributed by atoms with E-state index >= 15 is 0 Å². The first-order chi connectivity index (χ1) is 10.9. The summed E-state index contributed by atoms with van der Waals surface area (Å²) in [5, 5.41) is 0. The molecule has 8 nitrogen and oxygen atoms in total. The van der Waals surface area contributed by atoms with Crippen molar-refractivity contribution < 1.29 is 23.9 Å². The maximum Gasteiger partial charge on any atom is 0.309 e. The monoisotopic (exact) mass is 365 g/mol. The lowest BCUT2D eigenvalue weighted by Gasteiger charge is -2.32. The van der Waals surface area contributed by atoms with E-state index in [4.69, 9.17) is 15.2 Å². The summed E-state index contributed by atoms with van der Waals surface area (Å²) < 4.78 is 9.84. The molecular formula is C15H28ClN3O5. The van der Waals surface area contributed by atoms with Crippen LogP contribution in [0.2, 0.25) is 0 Å². The third-order valence-corrected chi connectivity index (χ3v) is 3.88. The van der Waals surface area contributed by atoms with E-state index < -0.39 is 6.04 Å². The minimum atomic E-state index is -0.771. The molecule has 0 aromatic rings. The Kier molecular flexibility index (Phi) is 10.6. The molecular weight excluding hydrogens is 338 g/mol. The zero-order chi connectivity index (χ0) is 17.4. The van der Waals surface area contributed by atoms with Crippen molar-refractivity contribution in [1.29, 1.82) is 0 Å². The van der Waals surface area contributed by atoms with Gasteiger partial charge in [-0.15, -0.1) is 12.4 Å². The number of ether oxygens (including phenoxy) is 2. The van der Waals surface area contributed by atoms with Gasteiger partial charge in [-0.3, -0.25) is 14.4 Å². The maximum absolute atomic E-state index is 12.2. The molecule has 0 spiro atoms. The fraction of sp³-hybridized carbons (Fsp3) is 0.800. The Morgan fingerprint density at radius 1 is 1.29 bits per heavy atom. The molecule has 1 atom stereocenters. The van der Waals surface area contributed by atoms with Gasteiger partial charge in [0.05, 0.1) is 25.7 Å². The second-order valence-electron chi connectivity index (χ2n) is 5.66. The molecule has 1 unspecified atom stereocenters. The summed E-state index contributed by atoms with van der Waals surface area (Å²) >= 11 is 0. The lowest BCUT2D eigenvalue weighted by Crippen LogP contribution is -2.50. The van der Waals surface area contributed by atoms with Gasteiger partial charge in [0.15, 0.2) is 0 Å². The number of likely N-dealkylation sites (N-methyl/N-ethyl adjacent to an activating group) is 1. The number of likely N-dealkylation sites (tertiary alicyclic amines) is 1. The molecule has 1 heterocycles. The predicted molar refractivity (Wildman–Crippen MR) is 90.7 cm³/mol. The molecule has 24 heavy (non-hydrogen) atoms. The third kappa shape index (κ3) is 6.62. The molecule has 0 radical (unpaired) electrons.